The quantitative estimate of drug-likeness (QED) is 0.761. The summed E-state index contributed by atoms with van der Waals surface area (Å²) in [6.45, 7) is 2.51. The number of imidazole rings is 1. The first kappa shape index (κ1) is 14.2. The number of nitrogens with zero attached hydrogens (tertiary/aromatic N) is 5. The largest absolute Gasteiger partial charge is 0.461 e. The lowest BCUT2D eigenvalue weighted by atomic mass is 10.2. The van der Waals surface area contributed by atoms with E-state index >= 15 is 0 Å². The molecule has 0 aliphatic rings. The average molecular weight is 279 g/mol. The van der Waals surface area contributed by atoms with Gasteiger partial charge in [-0.3, -0.25) is 0 Å². The fourth-order valence-electron chi connectivity index (χ4n) is 1.87. The first-order valence-corrected chi connectivity index (χ1v) is 6.37. The number of aliphatic hydroxyl groups is 1. The molecule has 2 aromatic rings. The van der Waals surface area contributed by atoms with Crippen LogP contribution in [0.5, 0.6) is 0 Å². The highest BCUT2D eigenvalue weighted by Crippen LogP contribution is 2.22. The molecule has 1 N–H and O–H groups in total. The van der Waals surface area contributed by atoms with Gasteiger partial charge in [0, 0.05) is 20.2 Å². The van der Waals surface area contributed by atoms with Gasteiger partial charge in [-0.25, -0.2) is 14.5 Å². The molecule has 2 rings (SSSR count). The average Bonchev–Trinajstić information content (AvgIpc) is 3.02. The van der Waals surface area contributed by atoms with Crippen LogP contribution >= 0.6 is 0 Å². The number of aliphatic hydroxyl groups excluding tert-OH is 1. The smallest absolute Gasteiger partial charge is 0.361 e. The number of carbonyl (C=O) groups is 1. The van der Waals surface area contributed by atoms with Crippen molar-refractivity contribution >= 4 is 5.97 Å². The number of esters is 1. The summed E-state index contributed by atoms with van der Waals surface area (Å²) in [6.07, 6.45) is 3.79. The van der Waals surface area contributed by atoms with Crippen molar-refractivity contribution < 1.29 is 14.6 Å². The molecule has 2 heterocycles. The molecule has 0 atom stereocenters. The molecule has 2 aromatic heterocycles. The molecule has 0 unspecified atom stereocenters. The molecule has 0 spiro atoms. The van der Waals surface area contributed by atoms with Crippen LogP contribution in [-0.4, -0.2) is 48.8 Å². The first-order chi connectivity index (χ1) is 9.69. The molecule has 8 heteroatoms. The number of aryl methyl sites for hydroxylation is 2. The lowest BCUT2D eigenvalue weighted by Crippen LogP contribution is -2.10. The normalized spacial score (nSPS) is 10.8. The molecule has 0 saturated carbocycles. The van der Waals surface area contributed by atoms with Gasteiger partial charge in [0.25, 0.3) is 0 Å². The third-order valence-corrected chi connectivity index (χ3v) is 2.79. The standard InChI is InChI=1S/C12H17N5O3/c1-3-20-12(19)10-11(9-7-13-8-16(9)2)17(15-14-10)5-4-6-18/h7-8,18H,3-6H2,1-2H3. The van der Waals surface area contributed by atoms with Crippen LogP contribution in [0.4, 0.5) is 0 Å². The Morgan fingerprint density at radius 3 is 2.90 bits per heavy atom. The molecule has 0 radical (unpaired) electrons. The van der Waals surface area contributed by atoms with E-state index in [2.05, 4.69) is 15.3 Å². The minimum Gasteiger partial charge on any atom is -0.461 e. The van der Waals surface area contributed by atoms with Crippen molar-refractivity contribution in [3.63, 3.8) is 0 Å². The minimum absolute atomic E-state index is 0.0411. The van der Waals surface area contributed by atoms with E-state index < -0.39 is 5.97 Å². The van der Waals surface area contributed by atoms with Gasteiger partial charge in [0.2, 0.25) is 0 Å². The Bertz CT molecular complexity index is 590. The van der Waals surface area contributed by atoms with Crippen LogP contribution in [0.25, 0.3) is 11.4 Å². The predicted octanol–water partition coefficient (Wildman–Crippen LogP) is 0.238. The summed E-state index contributed by atoms with van der Waals surface area (Å²) in [5.74, 6) is -0.515. The van der Waals surface area contributed by atoms with Crippen molar-refractivity contribution in [2.75, 3.05) is 13.2 Å². The van der Waals surface area contributed by atoms with Crippen LogP contribution < -0.4 is 0 Å². The highest BCUT2D eigenvalue weighted by atomic mass is 16.5. The molecule has 0 fully saturated rings. The molecule has 0 amide bonds. The van der Waals surface area contributed by atoms with Gasteiger partial charge in [-0.1, -0.05) is 5.21 Å². The van der Waals surface area contributed by atoms with Gasteiger partial charge in [0.15, 0.2) is 5.69 Å². The van der Waals surface area contributed by atoms with E-state index in [0.717, 1.165) is 5.69 Å². The monoisotopic (exact) mass is 279 g/mol. The molecule has 108 valence electrons. The Hall–Kier alpha value is -2.22. The fraction of sp³-hybridized carbons (Fsp3) is 0.500. The van der Waals surface area contributed by atoms with E-state index in [0.29, 0.717) is 18.7 Å². The van der Waals surface area contributed by atoms with Gasteiger partial charge in [-0.05, 0) is 13.3 Å². The van der Waals surface area contributed by atoms with Crippen LogP contribution in [0, 0.1) is 0 Å². The van der Waals surface area contributed by atoms with E-state index in [9.17, 15) is 4.79 Å². The summed E-state index contributed by atoms with van der Waals surface area (Å²) in [6, 6.07) is 0. The Labute approximate surface area is 116 Å². The zero-order valence-electron chi connectivity index (χ0n) is 11.5. The zero-order chi connectivity index (χ0) is 14.5. The summed E-state index contributed by atoms with van der Waals surface area (Å²) in [5, 5.41) is 16.8. The number of carbonyl (C=O) groups excluding carboxylic acids is 1. The Balaban J connectivity index is 2.45. The highest BCUT2D eigenvalue weighted by Gasteiger charge is 2.23. The van der Waals surface area contributed by atoms with Gasteiger partial charge >= 0.3 is 5.97 Å². The molecule has 8 nitrogen and oxygen atoms in total. The van der Waals surface area contributed by atoms with Gasteiger partial charge in [-0.15, -0.1) is 5.10 Å². The molecular formula is C12H17N5O3. The molecule has 0 bridgehead atoms. The third-order valence-electron chi connectivity index (χ3n) is 2.79. The molecule has 20 heavy (non-hydrogen) atoms. The van der Waals surface area contributed by atoms with E-state index in [1.54, 1.807) is 28.7 Å². The number of hydrogen-bond donors (Lipinski definition) is 1. The third kappa shape index (κ3) is 2.69. The second-order valence-electron chi connectivity index (χ2n) is 4.20. The van der Waals surface area contributed by atoms with E-state index in [-0.39, 0.29) is 18.9 Å². The summed E-state index contributed by atoms with van der Waals surface area (Å²) in [5.41, 5.74) is 1.43. The Kier molecular flexibility index (Phi) is 4.46. The maximum Gasteiger partial charge on any atom is 0.361 e. The summed E-state index contributed by atoms with van der Waals surface area (Å²) < 4.78 is 8.35. The van der Waals surface area contributed by atoms with Gasteiger partial charge in [0.05, 0.1) is 24.8 Å². The van der Waals surface area contributed by atoms with E-state index in [1.165, 1.54) is 0 Å². The van der Waals surface area contributed by atoms with Crippen molar-refractivity contribution in [2.45, 2.75) is 19.9 Å². The Morgan fingerprint density at radius 2 is 2.30 bits per heavy atom. The van der Waals surface area contributed by atoms with Crippen LogP contribution in [0.3, 0.4) is 0 Å². The number of rotatable bonds is 6. The molecular weight excluding hydrogens is 262 g/mol. The van der Waals surface area contributed by atoms with Crippen molar-refractivity contribution in [1.82, 2.24) is 24.5 Å². The van der Waals surface area contributed by atoms with E-state index in [4.69, 9.17) is 9.84 Å². The lowest BCUT2D eigenvalue weighted by molar-refractivity contribution is 0.0520. The van der Waals surface area contributed by atoms with Gasteiger partial charge in [0.1, 0.15) is 5.69 Å². The van der Waals surface area contributed by atoms with Crippen molar-refractivity contribution in [3.05, 3.63) is 18.2 Å². The lowest BCUT2D eigenvalue weighted by Gasteiger charge is -2.07. The number of ether oxygens (including phenoxy) is 1. The van der Waals surface area contributed by atoms with Crippen LogP contribution in [0.15, 0.2) is 12.5 Å². The summed E-state index contributed by atoms with van der Waals surface area (Å²) in [7, 11) is 1.82. The molecule has 0 saturated heterocycles. The van der Waals surface area contributed by atoms with Crippen molar-refractivity contribution in [2.24, 2.45) is 7.05 Å². The van der Waals surface area contributed by atoms with Crippen LogP contribution in [0.2, 0.25) is 0 Å². The SMILES string of the molecule is CCOC(=O)c1nnn(CCCO)c1-c1cncn1C. The van der Waals surface area contributed by atoms with Crippen molar-refractivity contribution in [3.8, 4) is 11.4 Å². The molecule has 0 aliphatic heterocycles. The number of hydrogen-bond acceptors (Lipinski definition) is 6. The van der Waals surface area contributed by atoms with E-state index in [1.807, 2.05) is 7.05 Å². The van der Waals surface area contributed by atoms with Gasteiger partial charge in [-0.2, -0.15) is 0 Å². The summed E-state index contributed by atoms with van der Waals surface area (Å²) in [4.78, 5) is 16.0. The molecule has 0 aromatic carbocycles. The summed E-state index contributed by atoms with van der Waals surface area (Å²) >= 11 is 0. The number of aromatic nitrogens is 5. The second-order valence-corrected chi connectivity index (χ2v) is 4.20. The Morgan fingerprint density at radius 1 is 1.50 bits per heavy atom. The first-order valence-electron chi connectivity index (χ1n) is 6.37. The van der Waals surface area contributed by atoms with Crippen molar-refractivity contribution in [1.29, 1.82) is 0 Å². The maximum absolute atomic E-state index is 11.9. The van der Waals surface area contributed by atoms with Crippen LogP contribution in [0.1, 0.15) is 23.8 Å². The fourth-order valence-corrected chi connectivity index (χ4v) is 1.87. The van der Waals surface area contributed by atoms with Gasteiger partial charge < -0.3 is 14.4 Å². The maximum atomic E-state index is 11.9. The zero-order valence-corrected chi connectivity index (χ0v) is 11.5. The highest BCUT2D eigenvalue weighted by molar-refractivity contribution is 5.93. The topological polar surface area (TPSA) is 95.1 Å². The minimum atomic E-state index is -0.515. The predicted molar refractivity (Wildman–Crippen MR) is 69.9 cm³/mol. The van der Waals surface area contributed by atoms with Crippen LogP contribution in [-0.2, 0) is 18.3 Å². The second kappa shape index (κ2) is 6.29. The molecule has 0 aliphatic carbocycles.